The van der Waals surface area contributed by atoms with Gasteiger partial charge < -0.3 is 9.64 Å². The van der Waals surface area contributed by atoms with Gasteiger partial charge in [0.25, 0.3) is 0 Å². The van der Waals surface area contributed by atoms with Crippen molar-refractivity contribution in [2.45, 2.75) is 32.5 Å². The SMILES string of the molecule is C[C@H]1CN(C(=O)Cc2csc(-c3cccnc3)n2)C[C@H](C)O1. The van der Waals surface area contributed by atoms with Crippen molar-refractivity contribution in [3.05, 3.63) is 35.6 Å². The molecule has 3 heterocycles. The molecule has 0 bridgehead atoms. The minimum atomic E-state index is 0.0917. The normalized spacial score (nSPS) is 21.8. The van der Waals surface area contributed by atoms with Crippen molar-refractivity contribution >= 4 is 17.2 Å². The molecule has 0 spiro atoms. The molecule has 1 aliphatic heterocycles. The molecule has 0 saturated carbocycles. The van der Waals surface area contributed by atoms with Crippen LogP contribution < -0.4 is 0 Å². The lowest BCUT2D eigenvalue weighted by Crippen LogP contribution is -2.48. The Hall–Kier alpha value is -1.79. The van der Waals surface area contributed by atoms with Gasteiger partial charge in [-0.15, -0.1) is 11.3 Å². The number of hydrogen-bond acceptors (Lipinski definition) is 5. The maximum Gasteiger partial charge on any atom is 0.228 e. The summed E-state index contributed by atoms with van der Waals surface area (Å²) in [7, 11) is 0. The minimum absolute atomic E-state index is 0.0917. The predicted octanol–water partition coefficient (Wildman–Crippen LogP) is 2.38. The molecule has 22 heavy (non-hydrogen) atoms. The van der Waals surface area contributed by atoms with Crippen LogP contribution in [-0.4, -0.2) is 46.1 Å². The average molecular weight is 317 g/mol. The van der Waals surface area contributed by atoms with Crippen molar-refractivity contribution in [1.82, 2.24) is 14.9 Å². The summed E-state index contributed by atoms with van der Waals surface area (Å²) in [5, 5.41) is 2.85. The van der Waals surface area contributed by atoms with Crippen molar-refractivity contribution in [3.63, 3.8) is 0 Å². The summed E-state index contributed by atoms with van der Waals surface area (Å²) in [5.41, 5.74) is 1.81. The van der Waals surface area contributed by atoms with Crippen molar-refractivity contribution in [1.29, 1.82) is 0 Å². The van der Waals surface area contributed by atoms with E-state index in [2.05, 4.69) is 9.97 Å². The molecule has 2 atom stereocenters. The molecule has 116 valence electrons. The number of ether oxygens (including phenoxy) is 1. The van der Waals surface area contributed by atoms with Gasteiger partial charge >= 0.3 is 0 Å². The summed E-state index contributed by atoms with van der Waals surface area (Å²) < 4.78 is 5.66. The van der Waals surface area contributed by atoms with E-state index in [0.717, 1.165) is 16.3 Å². The van der Waals surface area contributed by atoms with E-state index in [1.807, 2.05) is 36.3 Å². The summed E-state index contributed by atoms with van der Waals surface area (Å²) in [5.74, 6) is 0.116. The Kier molecular flexibility index (Phi) is 4.49. The smallest absolute Gasteiger partial charge is 0.228 e. The first kappa shape index (κ1) is 15.1. The average Bonchev–Trinajstić information content (AvgIpc) is 2.95. The number of amides is 1. The number of carbonyl (C=O) groups is 1. The lowest BCUT2D eigenvalue weighted by molar-refractivity contribution is -0.142. The molecule has 2 aromatic rings. The van der Waals surface area contributed by atoms with Crippen LogP contribution in [0, 0.1) is 0 Å². The maximum absolute atomic E-state index is 12.4. The molecule has 0 radical (unpaired) electrons. The summed E-state index contributed by atoms with van der Waals surface area (Å²) in [6.45, 7) is 5.31. The maximum atomic E-state index is 12.4. The second-order valence-electron chi connectivity index (χ2n) is 5.62. The summed E-state index contributed by atoms with van der Waals surface area (Å²) in [6, 6.07) is 3.86. The molecule has 0 aromatic carbocycles. The second kappa shape index (κ2) is 6.54. The van der Waals surface area contributed by atoms with Crippen LogP contribution in [0.5, 0.6) is 0 Å². The Balaban J connectivity index is 1.66. The number of pyridine rings is 1. The quantitative estimate of drug-likeness (QED) is 0.872. The van der Waals surface area contributed by atoms with Crippen LogP contribution in [0.3, 0.4) is 0 Å². The third-order valence-electron chi connectivity index (χ3n) is 3.56. The highest BCUT2D eigenvalue weighted by molar-refractivity contribution is 7.13. The molecule has 0 unspecified atom stereocenters. The molecule has 1 aliphatic rings. The van der Waals surface area contributed by atoms with Gasteiger partial charge in [0.1, 0.15) is 5.01 Å². The van der Waals surface area contributed by atoms with Crippen LogP contribution in [0.4, 0.5) is 0 Å². The molecular formula is C16H19N3O2S. The van der Waals surface area contributed by atoms with Gasteiger partial charge in [-0.05, 0) is 26.0 Å². The Morgan fingerprint density at radius 3 is 2.86 bits per heavy atom. The van der Waals surface area contributed by atoms with E-state index in [1.54, 1.807) is 23.7 Å². The first-order valence-corrected chi connectivity index (χ1v) is 8.28. The summed E-state index contributed by atoms with van der Waals surface area (Å²) in [6.07, 6.45) is 4.05. The van der Waals surface area contributed by atoms with Gasteiger partial charge in [-0.1, -0.05) is 0 Å². The third-order valence-corrected chi connectivity index (χ3v) is 4.51. The van der Waals surface area contributed by atoms with E-state index >= 15 is 0 Å². The van der Waals surface area contributed by atoms with Gasteiger partial charge in [0, 0.05) is 36.4 Å². The van der Waals surface area contributed by atoms with Gasteiger partial charge in [-0.25, -0.2) is 4.98 Å². The van der Waals surface area contributed by atoms with Crippen LogP contribution in [0.25, 0.3) is 10.6 Å². The second-order valence-corrected chi connectivity index (χ2v) is 6.48. The zero-order valence-corrected chi connectivity index (χ0v) is 13.5. The third kappa shape index (κ3) is 3.51. The standard InChI is InChI=1S/C16H19N3O2S/c1-11-8-19(9-12(2)21-11)15(20)6-14-10-22-16(18-14)13-4-3-5-17-7-13/h3-5,7,10-12H,6,8-9H2,1-2H3/t11-,12-/m0/s1. The van der Waals surface area contributed by atoms with Crippen molar-refractivity contribution in [2.24, 2.45) is 0 Å². The fraction of sp³-hybridized carbons (Fsp3) is 0.438. The Bertz CT molecular complexity index is 634. The number of hydrogen-bond donors (Lipinski definition) is 0. The van der Waals surface area contributed by atoms with Crippen LogP contribution in [0.2, 0.25) is 0 Å². The number of aromatic nitrogens is 2. The summed E-state index contributed by atoms with van der Waals surface area (Å²) >= 11 is 1.55. The number of nitrogens with zero attached hydrogens (tertiary/aromatic N) is 3. The molecule has 0 N–H and O–H groups in total. The van der Waals surface area contributed by atoms with Crippen molar-refractivity contribution < 1.29 is 9.53 Å². The minimum Gasteiger partial charge on any atom is -0.372 e. The zero-order chi connectivity index (χ0) is 15.5. The number of carbonyl (C=O) groups excluding carboxylic acids is 1. The van der Waals surface area contributed by atoms with E-state index in [-0.39, 0.29) is 18.1 Å². The topological polar surface area (TPSA) is 55.3 Å². The Morgan fingerprint density at radius 1 is 1.41 bits per heavy atom. The highest BCUT2D eigenvalue weighted by Crippen LogP contribution is 2.23. The molecule has 1 fully saturated rings. The van der Waals surface area contributed by atoms with Crippen LogP contribution in [0.1, 0.15) is 19.5 Å². The van der Waals surface area contributed by atoms with E-state index < -0.39 is 0 Å². The molecular weight excluding hydrogens is 298 g/mol. The highest BCUT2D eigenvalue weighted by Gasteiger charge is 2.26. The Morgan fingerprint density at radius 2 is 2.18 bits per heavy atom. The molecule has 1 saturated heterocycles. The van der Waals surface area contributed by atoms with Gasteiger partial charge in [-0.3, -0.25) is 9.78 Å². The zero-order valence-electron chi connectivity index (χ0n) is 12.7. The molecule has 3 rings (SSSR count). The lowest BCUT2D eigenvalue weighted by Gasteiger charge is -2.35. The fourth-order valence-electron chi connectivity index (χ4n) is 2.66. The van der Waals surface area contributed by atoms with Crippen LogP contribution in [0.15, 0.2) is 29.9 Å². The fourth-order valence-corrected chi connectivity index (χ4v) is 3.47. The molecule has 5 nitrogen and oxygen atoms in total. The number of rotatable bonds is 3. The van der Waals surface area contributed by atoms with Gasteiger partial charge in [0.2, 0.25) is 5.91 Å². The monoisotopic (exact) mass is 317 g/mol. The van der Waals surface area contributed by atoms with Crippen LogP contribution in [-0.2, 0) is 16.0 Å². The van der Waals surface area contributed by atoms with Gasteiger partial charge in [-0.2, -0.15) is 0 Å². The molecule has 6 heteroatoms. The van der Waals surface area contributed by atoms with Crippen molar-refractivity contribution in [2.75, 3.05) is 13.1 Å². The van der Waals surface area contributed by atoms with E-state index in [9.17, 15) is 4.79 Å². The van der Waals surface area contributed by atoms with E-state index in [1.165, 1.54) is 0 Å². The molecule has 1 amide bonds. The predicted molar refractivity (Wildman–Crippen MR) is 85.6 cm³/mol. The highest BCUT2D eigenvalue weighted by atomic mass is 32.1. The lowest BCUT2D eigenvalue weighted by atomic mass is 10.2. The van der Waals surface area contributed by atoms with E-state index in [0.29, 0.717) is 19.5 Å². The van der Waals surface area contributed by atoms with E-state index in [4.69, 9.17) is 4.74 Å². The molecule has 2 aromatic heterocycles. The summed E-state index contributed by atoms with van der Waals surface area (Å²) in [4.78, 5) is 23.0. The molecule has 0 aliphatic carbocycles. The number of morpholine rings is 1. The van der Waals surface area contributed by atoms with Crippen molar-refractivity contribution in [3.8, 4) is 10.6 Å². The van der Waals surface area contributed by atoms with Crippen LogP contribution >= 0.6 is 11.3 Å². The van der Waals surface area contributed by atoms with Gasteiger partial charge in [0.15, 0.2) is 0 Å². The first-order valence-electron chi connectivity index (χ1n) is 7.40. The Labute approximate surface area is 134 Å². The van der Waals surface area contributed by atoms with Gasteiger partial charge in [0.05, 0.1) is 24.3 Å². The number of thiazole rings is 1. The first-order chi connectivity index (χ1) is 10.6. The largest absolute Gasteiger partial charge is 0.372 e.